The quantitative estimate of drug-likeness (QED) is 0.885. The summed E-state index contributed by atoms with van der Waals surface area (Å²) in [6.07, 6.45) is 1.72. The van der Waals surface area contributed by atoms with E-state index in [-0.39, 0.29) is 5.56 Å². The van der Waals surface area contributed by atoms with Crippen molar-refractivity contribution in [1.29, 1.82) is 0 Å². The van der Waals surface area contributed by atoms with Gasteiger partial charge in [-0.15, -0.1) is 11.8 Å². The van der Waals surface area contributed by atoms with Gasteiger partial charge in [-0.3, -0.25) is 9.36 Å². The van der Waals surface area contributed by atoms with Crippen molar-refractivity contribution in [2.45, 2.75) is 36.5 Å². The van der Waals surface area contributed by atoms with E-state index < -0.39 is 0 Å². The van der Waals surface area contributed by atoms with Gasteiger partial charge in [-0.2, -0.15) is 0 Å². The Morgan fingerprint density at radius 2 is 2.15 bits per heavy atom. The normalized spacial score (nSPS) is 17.1. The first kappa shape index (κ1) is 13.6. The number of aromatic amines is 1. The number of aromatic nitrogens is 2. The van der Waals surface area contributed by atoms with Crippen molar-refractivity contribution in [2.24, 2.45) is 0 Å². The number of nitrogens with zero attached hydrogens (tertiary/aromatic N) is 1. The predicted octanol–water partition coefficient (Wildman–Crippen LogP) is 3.19. The Labute approximate surface area is 127 Å². The van der Waals surface area contributed by atoms with Crippen LogP contribution in [0.5, 0.6) is 0 Å². The van der Waals surface area contributed by atoms with Gasteiger partial charge in [-0.25, -0.2) is 0 Å². The molecule has 0 bridgehead atoms. The molecule has 0 aliphatic carbocycles. The molecule has 104 valence electrons. The topological polar surface area (TPSA) is 37.8 Å². The Balaban J connectivity index is 1.90. The molecule has 1 aromatic heterocycles. The third-order valence-electron chi connectivity index (χ3n) is 3.49. The maximum absolute atomic E-state index is 12.5. The van der Waals surface area contributed by atoms with Crippen LogP contribution < -0.4 is 5.56 Å². The molecule has 0 radical (unpaired) electrons. The smallest absolute Gasteiger partial charge is 0.268 e. The van der Waals surface area contributed by atoms with Crippen molar-refractivity contribution in [3.05, 3.63) is 56.7 Å². The number of thioether (sulfide) groups is 1. The van der Waals surface area contributed by atoms with Crippen LogP contribution in [0.3, 0.4) is 0 Å². The standard InChI is InChI=1S/C15H16N2OS2/c1-10-9-12-13(20-10)14(18)17(15(19)16-12)8-7-11-5-3-2-4-6-11/h2-6,10H,7-9H2,1H3,(H,16,19). The van der Waals surface area contributed by atoms with Crippen LogP contribution in [0.15, 0.2) is 40.0 Å². The highest BCUT2D eigenvalue weighted by atomic mass is 32.2. The van der Waals surface area contributed by atoms with Crippen molar-refractivity contribution >= 4 is 24.0 Å². The molecule has 0 saturated carbocycles. The first-order chi connectivity index (χ1) is 9.65. The Morgan fingerprint density at radius 1 is 1.40 bits per heavy atom. The zero-order valence-electron chi connectivity index (χ0n) is 11.3. The number of rotatable bonds is 3. The second-order valence-electron chi connectivity index (χ2n) is 5.06. The Kier molecular flexibility index (Phi) is 3.81. The van der Waals surface area contributed by atoms with Crippen molar-refractivity contribution in [1.82, 2.24) is 9.55 Å². The molecule has 0 fully saturated rings. The SMILES string of the molecule is CC1Cc2[nH]c(=S)n(CCc3ccccc3)c(=O)c2S1. The summed E-state index contributed by atoms with van der Waals surface area (Å²) >= 11 is 6.98. The van der Waals surface area contributed by atoms with Crippen molar-refractivity contribution < 1.29 is 0 Å². The minimum atomic E-state index is 0.0639. The van der Waals surface area contributed by atoms with Crippen LogP contribution in [0, 0.1) is 4.77 Å². The zero-order valence-corrected chi connectivity index (χ0v) is 12.9. The maximum atomic E-state index is 12.5. The maximum Gasteiger partial charge on any atom is 0.268 e. The second-order valence-corrected chi connectivity index (χ2v) is 6.90. The highest BCUT2D eigenvalue weighted by Gasteiger charge is 2.23. The first-order valence-electron chi connectivity index (χ1n) is 6.71. The van der Waals surface area contributed by atoms with Gasteiger partial charge in [0.2, 0.25) is 0 Å². The van der Waals surface area contributed by atoms with Gasteiger partial charge in [0.25, 0.3) is 5.56 Å². The molecule has 0 amide bonds. The fourth-order valence-electron chi connectivity index (χ4n) is 2.48. The summed E-state index contributed by atoms with van der Waals surface area (Å²) in [5.74, 6) is 0. The molecule has 1 aromatic carbocycles. The van der Waals surface area contributed by atoms with Gasteiger partial charge >= 0.3 is 0 Å². The Morgan fingerprint density at radius 3 is 2.90 bits per heavy atom. The monoisotopic (exact) mass is 304 g/mol. The van der Waals surface area contributed by atoms with E-state index in [1.165, 1.54) is 5.56 Å². The highest BCUT2D eigenvalue weighted by Crippen LogP contribution is 2.32. The Bertz CT molecular complexity index is 734. The average molecular weight is 304 g/mol. The molecule has 2 heterocycles. The van der Waals surface area contributed by atoms with E-state index in [0.29, 0.717) is 16.6 Å². The molecule has 1 aliphatic heterocycles. The van der Waals surface area contributed by atoms with Crippen LogP contribution >= 0.6 is 24.0 Å². The summed E-state index contributed by atoms with van der Waals surface area (Å²) in [4.78, 5) is 16.6. The summed E-state index contributed by atoms with van der Waals surface area (Å²) in [5, 5.41) is 0.452. The molecule has 1 N–H and O–H groups in total. The fourth-order valence-corrected chi connectivity index (χ4v) is 3.92. The van der Waals surface area contributed by atoms with Crippen molar-refractivity contribution in [3.63, 3.8) is 0 Å². The molecule has 5 heteroatoms. The number of benzene rings is 1. The molecule has 20 heavy (non-hydrogen) atoms. The van der Waals surface area contributed by atoms with Crippen LogP contribution in [0.2, 0.25) is 0 Å². The van der Waals surface area contributed by atoms with E-state index in [0.717, 1.165) is 23.4 Å². The van der Waals surface area contributed by atoms with Crippen LogP contribution in [0.4, 0.5) is 0 Å². The van der Waals surface area contributed by atoms with Crippen LogP contribution in [-0.4, -0.2) is 14.8 Å². The molecule has 1 unspecified atom stereocenters. The third-order valence-corrected chi connectivity index (χ3v) is 5.04. The molecular formula is C15H16N2OS2. The summed E-state index contributed by atoms with van der Waals surface area (Å²) in [5.41, 5.74) is 2.29. The minimum Gasteiger partial charge on any atom is -0.335 e. The number of H-pyrrole nitrogens is 1. The molecule has 0 spiro atoms. The fraction of sp³-hybridized carbons (Fsp3) is 0.333. The molecule has 1 aliphatic rings. The molecule has 3 rings (SSSR count). The van der Waals surface area contributed by atoms with Crippen LogP contribution in [0.25, 0.3) is 0 Å². The molecule has 3 nitrogen and oxygen atoms in total. The van der Waals surface area contributed by atoms with Gasteiger partial charge in [0, 0.05) is 23.9 Å². The van der Waals surface area contributed by atoms with Crippen LogP contribution in [-0.2, 0) is 19.4 Å². The minimum absolute atomic E-state index is 0.0639. The lowest BCUT2D eigenvalue weighted by molar-refractivity contribution is 0.623. The highest BCUT2D eigenvalue weighted by molar-refractivity contribution is 8.00. The van der Waals surface area contributed by atoms with Gasteiger partial charge in [0.1, 0.15) is 0 Å². The van der Waals surface area contributed by atoms with Gasteiger partial charge in [0.05, 0.1) is 4.90 Å². The van der Waals surface area contributed by atoms with E-state index in [9.17, 15) is 4.79 Å². The average Bonchev–Trinajstić information content (AvgIpc) is 2.80. The van der Waals surface area contributed by atoms with E-state index in [1.54, 1.807) is 16.3 Å². The number of fused-ring (bicyclic) bond motifs is 1. The molecule has 0 saturated heterocycles. The van der Waals surface area contributed by atoms with E-state index in [1.807, 2.05) is 18.2 Å². The van der Waals surface area contributed by atoms with Gasteiger partial charge in [-0.05, 0) is 24.2 Å². The summed E-state index contributed by atoms with van der Waals surface area (Å²) in [6, 6.07) is 10.2. The Hall–Kier alpha value is -1.33. The van der Waals surface area contributed by atoms with Crippen molar-refractivity contribution in [2.75, 3.05) is 0 Å². The number of hydrogen-bond donors (Lipinski definition) is 1. The van der Waals surface area contributed by atoms with Crippen molar-refractivity contribution in [3.8, 4) is 0 Å². The summed E-state index contributed by atoms with van der Waals surface area (Å²) in [6.45, 7) is 2.76. The molecular weight excluding hydrogens is 288 g/mol. The van der Waals surface area contributed by atoms with Gasteiger partial charge in [-0.1, -0.05) is 37.3 Å². The van der Waals surface area contributed by atoms with Gasteiger partial charge in [0.15, 0.2) is 4.77 Å². The third kappa shape index (κ3) is 2.60. The molecule has 1 atom stereocenters. The first-order valence-corrected chi connectivity index (χ1v) is 8.00. The number of aryl methyl sites for hydroxylation is 1. The lowest BCUT2D eigenvalue weighted by atomic mass is 10.1. The van der Waals surface area contributed by atoms with Gasteiger partial charge < -0.3 is 4.98 Å². The largest absolute Gasteiger partial charge is 0.335 e. The predicted molar refractivity (Wildman–Crippen MR) is 85.1 cm³/mol. The number of nitrogens with one attached hydrogen (secondary N) is 1. The van der Waals surface area contributed by atoms with E-state index in [2.05, 4.69) is 24.0 Å². The second kappa shape index (κ2) is 5.58. The molecule has 2 aromatic rings. The van der Waals surface area contributed by atoms with E-state index in [4.69, 9.17) is 12.2 Å². The lowest BCUT2D eigenvalue weighted by Gasteiger charge is -2.08. The van der Waals surface area contributed by atoms with E-state index >= 15 is 0 Å². The lowest BCUT2D eigenvalue weighted by Crippen LogP contribution is -2.25. The summed E-state index contributed by atoms with van der Waals surface area (Å²) < 4.78 is 2.23. The zero-order chi connectivity index (χ0) is 14.1. The number of hydrogen-bond acceptors (Lipinski definition) is 3. The van der Waals surface area contributed by atoms with Crippen LogP contribution in [0.1, 0.15) is 18.2 Å². The summed E-state index contributed by atoms with van der Waals surface area (Å²) in [7, 11) is 0.